The molecule has 0 aromatic heterocycles. The molecule has 0 aliphatic rings. The third kappa shape index (κ3) is 3.35. The molecule has 106 valence electrons. The molecule has 20 heavy (non-hydrogen) atoms. The fourth-order valence-electron chi connectivity index (χ4n) is 1.74. The zero-order chi connectivity index (χ0) is 14.7. The highest BCUT2D eigenvalue weighted by Crippen LogP contribution is 2.34. The first-order valence-electron chi connectivity index (χ1n) is 5.75. The van der Waals surface area contributed by atoms with Gasteiger partial charge in [0.05, 0.1) is 12.8 Å². The number of phenols is 1. The van der Waals surface area contributed by atoms with Gasteiger partial charge in [0.2, 0.25) is 0 Å². The van der Waals surface area contributed by atoms with Gasteiger partial charge in [-0.15, -0.1) is 0 Å². The van der Waals surface area contributed by atoms with Crippen LogP contribution in [-0.4, -0.2) is 12.2 Å². The Bertz CT molecular complexity index is 637. The number of aromatic hydroxyl groups is 1. The summed E-state index contributed by atoms with van der Waals surface area (Å²) in [7, 11) is 1.45. The second kappa shape index (κ2) is 6.33. The lowest BCUT2D eigenvalue weighted by Gasteiger charge is -2.12. The van der Waals surface area contributed by atoms with E-state index in [1.165, 1.54) is 25.3 Å². The number of halogens is 3. The van der Waals surface area contributed by atoms with Gasteiger partial charge in [0.1, 0.15) is 5.82 Å². The first kappa shape index (κ1) is 14.9. The van der Waals surface area contributed by atoms with Crippen LogP contribution in [-0.2, 0) is 6.54 Å². The molecule has 0 spiro atoms. The second-order valence-corrected chi connectivity index (χ2v) is 5.38. The third-order valence-corrected chi connectivity index (χ3v) is 3.65. The highest BCUT2D eigenvalue weighted by molar-refractivity contribution is 9.10. The first-order chi connectivity index (χ1) is 9.51. The van der Waals surface area contributed by atoms with Crippen molar-refractivity contribution >= 4 is 33.2 Å². The number of ether oxygens (including phenoxy) is 1. The topological polar surface area (TPSA) is 41.5 Å². The number of benzene rings is 2. The summed E-state index contributed by atoms with van der Waals surface area (Å²) in [5.74, 6) is -0.0341. The summed E-state index contributed by atoms with van der Waals surface area (Å²) in [5.41, 5.74) is 1.15. The fourth-order valence-corrected chi connectivity index (χ4v) is 2.36. The summed E-state index contributed by atoms with van der Waals surface area (Å²) in [6.45, 7) is 0.283. The number of rotatable bonds is 4. The van der Waals surface area contributed by atoms with E-state index in [1.807, 2.05) is 0 Å². The Hall–Kier alpha value is -1.46. The van der Waals surface area contributed by atoms with Gasteiger partial charge in [-0.2, -0.15) is 0 Å². The second-order valence-electron chi connectivity index (χ2n) is 4.09. The maximum Gasteiger partial charge on any atom is 0.162 e. The number of phenolic OH excluding ortho intramolecular Hbond substituents is 1. The van der Waals surface area contributed by atoms with E-state index < -0.39 is 0 Å². The fraction of sp³-hybridized carbons (Fsp3) is 0.143. The summed E-state index contributed by atoms with van der Waals surface area (Å²) in [6.07, 6.45) is 0. The van der Waals surface area contributed by atoms with E-state index >= 15 is 0 Å². The van der Waals surface area contributed by atoms with E-state index in [4.69, 9.17) is 16.3 Å². The molecule has 3 nitrogen and oxygen atoms in total. The molecule has 0 aliphatic heterocycles. The van der Waals surface area contributed by atoms with Gasteiger partial charge in [0, 0.05) is 27.7 Å². The molecule has 0 saturated heterocycles. The van der Waals surface area contributed by atoms with E-state index in [0.29, 0.717) is 22.0 Å². The molecule has 0 atom stereocenters. The van der Waals surface area contributed by atoms with Crippen LogP contribution in [0.1, 0.15) is 5.56 Å². The van der Waals surface area contributed by atoms with E-state index in [-0.39, 0.29) is 18.1 Å². The van der Waals surface area contributed by atoms with Crippen LogP contribution < -0.4 is 10.1 Å². The van der Waals surface area contributed by atoms with Gasteiger partial charge in [-0.1, -0.05) is 11.6 Å². The van der Waals surface area contributed by atoms with Crippen molar-refractivity contribution < 1.29 is 14.2 Å². The molecule has 2 aromatic carbocycles. The van der Waals surface area contributed by atoms with E-state index in [2.05, 4.69) is 21.2 Å². The Morgan fingerprint density at radius 1 is 1.35 bits per heavy atom. The maximum absolute atomic E-state index is 13.2. The maximum atomic E-state index is 13.2. The van der Waals surface area contributed by atoms with Gasteiger partial charge in [-0.3, -0.25) is 0 Å². The number of nitrogens with one attached hydrogen (secondary N) is 1. The Morgan fingerprint density at radius 3 is 2.80 bits per heavy atom. The largest absolute Gasteiger partial charge is 0.504 e. The lowest BCUT2D eigenvalue weighted by atomic mass is 10.1. The molecule has 0 heterocycles. The highest BCUT2D eigenvalue weighted by Gasteiger charge is 2.10. The highest BCUT2D eigenvalue weighted by atomic mass is 79.9. The van der Waals surface area contributed by atoms with Crippen LogP contribution in [0, 0.1) is 5.82 Å². The van der Waals surface area contributed by atoms with Crippen LogP contribution in [0.25, 0.3) is 0 Å². The lowest BCUT2D eigenvalue weighted by molar-refractivity contribution is 0.371. The number of hydrogen-bond acceptors (Lipinski definition) is 3. The van der Waals surface area contributed by atoms with Crippen molar-refractivity contribution in [2.24, 2.45) is 0 Å². The Morgan fingerprint density at radius 2 is 2.10 bits per heavy atom. The Labute approximate surface area is 129 Å². The third-order valence-electron chi connectivity index (χ3n) is 2.74. The zero-order valence-corrected chi connectivity index (χ0v) is 12.9. The zero-order valence-electron chi connectivity index (χ0n) is 10.6. The van der Waals surface area contributed by atoms with Crippen molar-refractivity contribution in [3.8, 4) is 11.5 Å². The van der Waals surface area contributed by atoms with Crippen LogP contribution in [0.4, 0.5) is 10.1 Å². The van der Waals surface area contributed by atoms with Crippen molar-refractivity contribution in [1.29, 1.82) is 0 Å². The molecular formula is C14H12BrClFNO2. The van der Waals surface area contributed by atoms with Crippen LogP contribution in [0.2, 0.25) is 5.02 Å². The average molecular weight is 361 g/mol. The minimum atomic E-state index is -0.344. The Kier molecular flexibility index (Phi) is 4.73. The lowest BCUT2D eigenvalue weighted by Crippen LogP contribution is -2.01. The molecule has 0 radical (unpaired) electrons. The standard InChI is InChI=1S/C14H12BrClFNO2/c1-20-13-5-9(16)4-8(14(13)19)7-18-12-6-10(17)2-3-11(12)15/h2-6,18-19H,7H2,1H3. The number of hydrogen-bond donors (Lipinski definition) is 2. The predicted octanol–water partition coefficient (Wildman–Crippen LogP) is 4.57. The first-order valence-corrected chi connectivity index (χ1v) is 6.92. The summed E-state index contributed by atoms with van der Waals surface area (Å²) >= 11 is 9.27. The van der Waals surface area contributed by atoms with Crippen molar-refractivity contribution in [3.63, 3.8) is 0 Å². The van der Waals surface area contributed by atoms with E-state index in [9.17, 15) is 9.50 Å². The smallest absolute Gasteiger partial charge is 0.162 e. The van der Waals surface area contributed by atoms with E-state index in [0.717, 1.165) is 4.47 Å². The number of methoxy groups -OCH3 is 1. The van der Waals surface area contributed by atoms with Crippen molar-refractivity contribution in [2.45, 2.75) is 6.54 Å². The van der Waals surface area contributed by atoms with Gasteiger partial charge < -0.3 is 15.2 Å². The molecule has 2 rings (SSSR count). The normalized spacial score (nSPS) is 10.4. The predicted molar refractivity (Wildman–Crippen MR) is 81.1 cm³/mol. The van der Waals surface area contributed by atoms with Gasteiger partial charge in [0.25, 0.3) is 0 Å². The summed E-state index contributed by atoms with van der Waals surface area (Å²) < 4.78 is 18.9. The van der Waals surface area contributed by atoms with Crippen LogP contribution in [0.3, 0.4) is 0 Å². The molecule has 0 fully saturated rings. The molecule has 0 bridgehead atoms. The SMILES string of the molecule is COc1cc(Cl)cc(CNc2cc(F)ccc2Br)c1O. The molecule has 6 heteroatoms. The van der Waals surface area contributed by atoms with Crippen molar-refractivity contribution in [3.05, 3.63) is 51.2 Å². The van der Waals surface area contributed by atoms with Crippen molar-refractivity contribution in [2.75, 3.05) is 12.4 Å². The minimum Gasteiger partial charge on any atom is -0.504 e. The summed E-state index contributed by atoms with van der Waals surface area (Å²) in [6, 6.07) is 7.48. The number of anilines is 1. The molecule has 0 amide bonds. The Balaban J connectivity index is 2.23. The monoisotopic (exact) mass is 359 g/mol. The molecule has 0 aliphatic carbocycles. The van der Waals surface area contributed by atoms with Crippen molar-refractivity contribution in [1.82, 2.24) is 0 Å². The van der Waals surface area contributed by atoms with E-state index in [1.54, 1.807) is 12.1 Å². The van der Waals surface area contributed by atoms with Crippen LogP contribution >= 0.6 is 27.5 Å². The van der Waals surface area contributed by atoms with Gasteiger partial charge in [-0.05, 0) is 40.2 Å². The van der Waals surface area contributed by atoms with Gasteiger partial charge in [0.15, 0.2) is 11.5 Å². The summed E-state index contributed by atoms with van der Waals surface area (Å²) in [4.78, 5) is 0. The molecule has 2 N–H and O–H groups in total. The van der Waals surface area contributed by atoms with Crippen LogP contribution in [0.15, 0.2) is 34.8 Å². The molecule has 2 aromatic rings. The van der Waals surface area contributed by atoms with Gasteiger partial charge in [-0.25, -0.2) is 4.39 Å². The minimum absolute atomic E-state index is 0.0110. The van der Waals surface area contributed by atoms with Gasteiger partial charge >= 0.3 is 0 Å². The molecule has 0 saturated carbocycles. The average Bonchev–Trinajstić information content (AvgIpc) is 2.42. The molecular weight excluding hydrogens is 349 g/mol. The quantitative estimate of drug-likeness (QED) is 0.839. The molecule has 0 unspecified atom stereocenters. The van der Waals surface area contributed by atoms with Crippen LogP contribution in [0.5, 0.6) is 11.5 Å². The summed E-state index contributed by atoms with van der Waals surface area (Å²) in [5, 5.41) is 13.5.